The summed E-state index contributed by atoms with van der Waals surface area (Å²) in [6.07, 6.45) is 2.30. The van der Waals surface area contributed by atoms with Gasteiger partial charge in [0.05, 0.1) is 15.2 Å². The first kappa shape index (κ1) is 51.4. The van der Waals surface area contributed by atoms with E-state index in [4.69, 9.17) is 18.0 Å². The second kappa shape index (κ2) is 17.7. The average molecular weight is 892 g/mol. The summed E-state index contributed by atoms with van der Waals surface area (Å²) in [6, 6.07) is 13.6. The zero-order valence-corrected chi connectivity index (χ0v) is 46.0. The monoisotopic (exact) mass is 891 g/mol. The summed E-state index contributed by atoms with van der Waals surface area (Å²) in [7, 11) is -6.14. The van der Waals surface area contributed by atoms with Gasteiger partial charge in [0.1, 0.15) is 35.6 Å². The SMILES string of the molecule is CC(C)[Si](C)(C)C(C)(C)C.COc1ccc(O[Si](C)(C)C(C)(C)C)cc1C1c2c(C=O)ccc(O[Si](C)(C)C(C)(C)C)c2Cc2c(O[Si](C)(C)C(C)(C)C)ccc(C=O)c21. The molecule has 4 rings (SSSR count). The summed E-state index contributed by atoms with van der Waals surface area (Å²) in [5.41, 5.74) is 6.39. The van der Waals surface area contributed by atoms with Gasteiger partial charge in [-0.3, -0.25) is 9.59 Å². The van der Waals surface area contributed by atoms with Crippen molar-refractivity contribution in [1.82, 2.24) is 0 Å². The predicted molar refractivity (Wildman–Crippen MR) is 266 cm³/mol. The molecule has 334 valence electrons. The summed E-state index contributed by atoms with van der Waals surface area (Å²) in [6.45, 7) is 50.2. The van der Waals surface area contributed by atoms with Crippen LogP contribution in [-0.2, 0) is 6.42 Å². The topological polar surface area (TPSA) is 71.1 Å². The predicted octanol–water partition coefficient (Wildman–Crippen LogP) is 15.5. The molecule has 0 saturated heterocycles. The third-order valence-corrected chi connectivity index (χ3v) is 35.1. The fourth-order valence-corrected chi connectivity index (χ4v) is 11.4. The Kier molecular flexibility index (Phi) is 15.2. The molecule has 0 fully saturated rings. The molecule has 0 heterocycles. The molecule has 1 aliphatic carbocycles. The van der Waals surface area contributed by atoms with E-state index in [0.717, 1.165) is 63.2 Å². The van der Waals surface area contributed by atoms with Gasteiger partial charge in [-0.1, -0.05) is 116 Å². The Morgan fingerprint density at radius 3 is 1.22 bits per heavy atom. The number of benzene rings is 3. The van der Waals surface area contributed by atoms with E-state index < -0.39 is 38.9 Å². The normalized spacial score (nSPS) is 14.4. The highest BCUT2D eigenvalue weighted by molar-refractivity contribution is 6.81. The fourth-order valence-electron chi connectivity index (χ4n) is 6.57. The molecule has 0 atom stereocenters. The van der Waals surface area contributed by atoms with Crippen LogP contribution in [0.3, 0.4) is 0 Å². The molecular formula is C50H82O6Si4. The molecule has 0 spiro atoms. The van der Waals surface area contributed by atoms with Crippen molar-refractivity contribution in [3.05, 3.63) is 81.4 Å². The van der Waals surface area contributed by atoms with Crippen molar-refractivity contribution < 1.29 is 27.6 Å². The number of aldehydes is 2. The Bertz CT molecular complexity index is 1930. The first-order valence-corrected chi connectivity index (χ1v) is 33.8. The Balaban J connectivity index is 0.000000849. The largest absolute Gasteiger partial charge is 0.543 e. The van der Waals surface area contributed by atoms with Gasteiger partial charge in [0.15, 0.2) is 0 Å². The van der Waals surface area contributed by atoms with Gasteiger partial charge in [-0.05, 0) is 113 Å². The maximum Gasteiger partial charge on any atom is 0.250 e. The molecule has 0 aromatic heterocycles. The minimum atomic E-state index is -2.30. The molecule has 0 amide bonds. The van der Waals surface area contributed by atoms with Crippen LogP contribution in [0.2, 0.25) is 78.1 Å². The van der Waals surface area contributed by atoms with E-state index in [1.807, 2.05) is 36.4 Å². The number of methoxy groups -OCH3 is 1. The van der Waals surface area contributed by atoms with Crippen LogP contribution in [0.1, 0.15) is 151 Å². The number of carbonyl (C=O) groups excluding carboxylic acids is 2. The van der Waals surface area contributed by atoms with Crippen molar-refractivity contribution in [3.8, 4) is 23.0 Å². The summed E-state index contributed by atoms with van der Waals surface area (Å²) < 4.78 is 27.1. The molecule has 3 aromatic rings. The van der Waals surface area contributed by atoms with Crippen LogP contribution in [0.25, 0.3) is 0 Å². The Labute approximate surface area is 370 Å². The van der Waals surface area contributed by atoms with E-state index in [2.05, 4.69) is 155 Å². The fraction of sp³-hybridized carbons (Fsp3) is 0.600. The van der Waals surface area contributed by atoms with Gasteiger partial charge < -0.3 is 18.0 Å². The van der Waals surface area contributed by atoms with Crippen LogP contribution in [0.15, 0.2) is 42.5 Å². The van der Waals surface area contributed by atoms with E-state index in [0.29, 0.717) is 28.3 Å². The molecule has 0 N–H and O–H groups in total. The maximum atomic E-state index is 13.0. The zero-order valence-electron chi connectivity index (χ0n) is 42.0. The molecular weight excluding hydrogens is 809 g/mol. The van der Waals surface area contributed by atoms with Crippen LogP contribution in [-0.4, -0.2) is 52.7 Å². The molecule has 0 aliphatic heterocycles. The van der Waals surface area contributed by atoms with Crippen molar-refractivity contribution in [2.45, 2.75) is 187 Å². The quantitative estimate of drug-likeness (QED) is 0.110. The number of carbonyl (C=O) groups is 2. The lowest BCUT2D eigenvalue weighted by atomic mass is 9.71. The highest BCUT2D eigenvalue weighted by atomic mass is 28.4. The molecule has 10 heteroatoms. The number of ether oxygens (including phenoxy) is 1. The second-order valence-electron chi connectivity index (χ2n) is 23.6. The summed E-state index contributed by atoms with van der Waals surface area (Å²) in [5.74, 6) is 2.41. The smallest absolute Gasteiger partial charge is 0.250 e. The van der Waals surface area contributed by atoms with E-state index in [1.165, 1.54) is 0 Å². The zero-order chi connectivity index (χ0) is 46.4. The first-order chi connectivity index (χ1) is 27.0. The maximum absolute atomic E-state index is 13.0. The standard InChI is InChI=1S/C41H60O6Si3.C9H22Si/c1-39(2,3)48(11,12)45-29-19-22-33(44-10)30(23-29)38-36-27(25-42)17-20-34(46-49(13,14)40(4,5)6)31(36)24-32-35(21-18-28(26-43)37(32)38)47-50(15,16)41(7,8)9;1-8(2)10(6,7)9(3,4)5/h17-23,25-26,38H,24H2,1-16H3;8H,1-7H3. The van der Waals surface area contributed by atoms with Crippen molar-refractivity contribution in [2.75, 3.05) is 7.11 Å². The van der Waals surface area contributed by atoms with Crippen molar-refractivity contribution >= 4 is 45.6 Å². The third-order valence-electron chi connectivity index (χ3n) is 15.3. The summed E-state index contributed by atoms with van der Waals surface area (Å²) in [4.78, 5) is 26.0. The first-order valence-electron chi connectivity index (χ1n) is 22.0. The van der Waals surface area contributed by atoms with Gasteiger partial charge in [-0.15, -0.1) is 0 Å². The van der Waals surface area contributed by atoms with Crippen LogP contribution in [0.4, 0.5) is 0 Å². The van der Waals surface area contributed by atoms with Gasteiger partial charge in [0.2, 0.25) is 25.0 Å². The Morgan fingerprint density at radius 1 is 0.550 bits per heavy atom. The minimum Gasteiger partial charge on any atom is -0.543 e. The number of rotatable bonds is 11. The van der Waals surface area contributed by atoms with Gasteiger partial charge in [-0.25, -0.2) is 0 Å². The molecule has 0 radical (unpaired) electrons. The Hall–Kier alpha value is -2.93. The molecule has 3 aromatic carbocycles. The molecule has 1 aliphatic rings. The van der Waals surface area contributed by atoms with Crippen LogP contribution in [0, 0.1) is 0 Å². The van der Waals surface area contributed by atoms with Crippen molar-refractivity contribution in [2.24, 2.45) is 0 Å². The summed E-state index contributed by atoms with van der Waals surface area (Å²) >= 11 is 0. The molecule has 60 heavy (non-hydrogen) atoms. The molecule has 0 saturated carbocycles. The molecule has 0 bridgehead atoms. The summed E-state index contributed by atoms with van der Waals surface area (Å²) in [5, 5.41) is 0.448. The average Bonchev–Trinajstić information content (AvgIpc) is 3.09. The number of hydrogen-bond donors (Lipinski definition) is 0. The minimum absolute atomic E-state index is 0.0154. The van der Waals surface area contributed by atoms with E-state index in [9.17, 15) is 9.59 Å². The van der Waals surface area contributed by atoms with Crippen LogP contribution in [0.5, 0.6) is 23.0 Å². The molecule has 0 unspecified atom stereocenters. The van der Waals surface area contributed by atoms with Gasteiger partial charge in [-0.2, -0.15) is 0 Å². The van der Waals surface area contributed by atoms with Crippen LogP contribution < -0.4 is 18.0 Å². The van der Waals surface area contributed by atoms with Crippen molar-refractivity contribution in [3.63, 3.8) is 0 Å². The third kappa shape index (κ3) is 10.6. The molecule has 6 nitrogen and oxygen atoms in total. The lowest BCUT2D eigenvalue weighted by Crippen LogP contribution is -2.44. The van der Waals surface area contributed by atoms with E-state index >= 15 is 0 Å². The van der Waals surface area contributed by atoms with Crippen molar-refractivity contribution in [1.29, 1.82) is 0 Å². The van der Waals surface area contributed by atoms with E-state index in [-0.39, 0.29) is 15.1 Å². The van der Waals surface area contributed by atoms with Gasteiger partial charge in [0, 0.05) is 40.2 Å². The van der Waals surface area contributed by atoms with Gasteiger partial charge >= 0.3 is 0 Å². The second-order valence-corrected chi connectivity index (χ2v) is 43.8. The van der Waals surface area contributed by atoms with Gasteiger partial charge in [0.25, 0.3) is 0 Å². The Morgan fingerprint density at radius 2 is 0.917 bits per heavy atom. The highest BCUT2D eigenvalue weighted by Crippen LogP contribution is 2.53. The lowest BCUT2D eigenvalue weighted by Gasteiger charge is -2.41. The van der Waals surface area contributed by atoms with E-state index in [1.54, 1.807) is 7.11 Å². The van der Waals surface area contributed by atoms with Crippen LogP contribution >= 0.6 is 0 Å². The number of hydrogen-bond acceptors (Lipinski definition) is 6. The lowest BCUT2D eigenvalue weighted by molar-refractivity contribution is 0.111. The number of fused-ring (bicyclic) bond motifs is 2. The highest BCUT2D eigenvalue weighted by Gasteiger charge is 2.45.